The van der Waals surface area contributed by atoms with E-state index in [9.17, 15) is 14.3 Å². The summed E-state index contributed by atoms with van der Waals surface area (Å²) in [5, 5.41) is 9.33. The van der Waals surface area contributed by atoms with Gasteiger partial charge in [-0.25, -0.2) is 9.18 Å². The first kappa shape index (κ1) is 17.8. The van der Waals surface area contributed by atoms with E-state index in [4.69, 9.17) is 4.74 Å². The predicted molar refractivity (Wildman–Crippen MR) is 94.6 cm³/mol. The number of hydrogen-bond donors (Lipinski definition) is 1. The van der Waals surface area contributed by atoms with E-state index in [2.05, 4.69) is 4.74 Å². The molecule has 0 heterocycles. The fourth-order valence-electron chi connectivity index (χ4n) is 6.01. The summed E-state index contributed by atoms with van der Waals surface area (Å²) in [6, 6.07) is 2.73. The lowest BCUT2D eigenvalue weighted by molar-refractivity contribution is -0.0747. The lowest BCUT2D eigenvalue weighted by Crippen LogP contribution is -2.48. The van der Waals surface area contributed by atoms with Crippen LogP contribution >= 0.6 is 0 Å². The second-order valence-electron chi connectivity index (χ2n) is 8.61. The smallest absolute Gasteiger partial charge is 0.340 e. The second kappa shape index (κ2) is 6.84. The van der Waals surface area contributed by atoms with Crippen LogP contribution in [0, 0.1) is 29.0 Å². The molecule has 1 aromatic carbocycles. The van der Waals surface area contributed by atoms with Crippen LogP contribution in [0.5, 0.6) is 5.75 Å². The van der Waals surface area contributed by atoms with Gasteiger partial charge in [-0.15, -0.1) is 0 Å². The molecule has 5 heteroatoms. The number of rotatable bonds is 6. The normalized spacial score (nSPS) is 31.9. The van der Waals surface area contributed by atoms with E-state index < -0.39 is 11.8 Å². The molecule has 1 aromatic rings. The maximum atomic E-state index is 14.3. The molecule has 1 N–H and O–H groups in total. The van der Waals surface area contributed by atoms with E-state index in [1.165, 1.54) is 57.8 Å². The zero-order chi connectivity index (χ0) is 18.3. The maximum Gasteiger partial charge on any atom is 0.340 e. The van der Waals surface area contributed by atoms with Crippen molar-refractivity contribution in [3.63, 3.8) is 0 Å². The molecule has 4 fully saturated rings. The molecule has 0 aliphatic heterocycles. The highest BCUT2D eigenvalue weighted by molar-refractivity contribution is 5.90. The van der Waals surface area contributed by atoms with Gasteiger partial charge in [0.15, 0.2) is 0 Å². The highest BCUT2D eigenvalue weighted by atomic mass is 19.1. The average Bonchev–Trinajstić information content (AvgIpc) is 2.60. The first-order chi connectivity index (χ1) is 12.5. The van der Waals surface area contributed by atoms with Crippen LogP contribution in [-0.2, 0) is 11.2 Å². The van der Waals surface area contributed by atoms with E-state index in [1.807, 2.05) is 0 Å². The highest BCUT2D eigenvalue weighted by Gasteiger charge is 2.51. The summed E-state index contributed by atoms with van der Waals surface area (Å²) < 4.78 is 25.1. The summed E-state index contributed by atoms with van der Waals surface area (Å²) in [5.74, 6) is 1.59. The van der Waals surface area contributed by atoms with Crippen LogP contribution in [0.1, 0.15) is 54.4 Å². The van der Waals surface area contributed by atoms with Gasteiger partial charge in [-0.1, -0.05) is 0 Å². The molecular formula is C21H27FO4. The van der Waals surface area contributed by atoms with Crippen molar-refractivity contribution >= 4 is 5.97 Å². The summed E-state index contributed by atoms with van der Waals surface area (Å²) >= 11 is 0. The molecular weight excluding hydrogens is 335 g/mol. The number of aliphatic hydroxyl groups is 1. The molecule has 4 bridgehead atoms. The van der Waals surface area contributed by atoms with Crippen molar-refractivity contribution in [3.8, 4) is 5.75 Å². The van der Waals surface area contributed by atoms with Gasteiger partial charge in [0, 0.05) is 18.1 Å². The van der Waals surface area contributed by atoms with Gasteiger partial charge >= 0.3 is 5.97 Å². The number of carbonyl (C=O) groups is 1. The van der Waals surface area contributed by atoms with Gasteiger partial charge in [0.25, 0.3) is 0 Å². The monoisotopic (exact) mass is 362 g/mol. The molecule has 4 nitrogen and oxygen atoms in total. The maximum absolute atomic E-state index is 14.3. The van der Waals surface area contributed by atoms with E-state index >= 15 is 0 Å². The van der Waals surface area contributed by atoms with E-state index in [0.717, 1.165) is 17.8 Å². The minimum atomic E-state index is -0.714. The van der Waals surface area contributed by atoms with E-state index in [1.54, 1.807) is 0 Å². The molecule has 5 rings (SSSR count). The van der Waals surface area contributed by atoms with Crippen molar-refractivity contribution in [1.29, 1.82) is 0 Å². The van der Waals surface area contributed by atoms with Gasteiger partial charge < -0.3 is 14.6 Å². The lowest BCUT2D eigenvalue weighted by Gasteiger charge is -2.56. The third-order valence-corrected chi connectivity index (χ3v) is 6.64. The Labute approximate surface area is 153 Å². The zero-order valence-electron chi connectivity index (χ0n) is 15.3. The van der Waals surface area contributed by atoms with Crippen molar-refractivity contribution in [2.75, 3.05) is 20.3 Å². The number of carbonyl (C=O) groups excluding carboxylic acids is 1. The highest BCUT2D eigenvalue weighted by Crippen LogP contribution is 2.60. The second-order valence-corrected chi connectivity index (χ2v) is 8.61. The van der Waals surface area contributed by atoms with E-state index in [0.29, 0.717) is 24.3 Å². The molecule has 0 atom stereocenters. The molecule has 142 valence electrons. The van der Waals surface area contributed by atoms with Crippen LogP contribution < -0.4 is 4.74 Å². The fraction of sp³-hybridized carbons (Fsp3) is 0.667. The number of aliphatic hydroxyl groups excluding tert-OH is 1. The van der Waals surface area contributed by atoms with Crippen LogP contribution in [0.15, 0.2) is 12.1 Å². The SMILES string of the molecule is COC(=O)c1cc(CCO)c(OCC23CC4CC(CC(C4)C2)C3)cc1F. The van der Waals surface area contributed by atoms with Gasteiger partial charge in [-0.3, -0.25) is 0 Å². The lowest BCUT2D eigenvalue weighted by atomic mass is 9.50. The molecule has 0 aromatic heterocycles. The average molecular weight is 362 g/mol. The van der Waals surface area contributed by atoms with Crippen LogP contribution in [0.25, 0.3) is 0 Å². The Balaban J connectivity index is 1.54. The Morgan fingerprint density at radius 3 is 2.35 bits per heavy atom. The van der Waals surface area contributed by atoms with Crippen molar-refractivity contribution in [3.05, 3.63) is 29.1 Å². The van der Waals surface area contributed by atoms with E-state index in [-0.39, 0.29) is 17.6 Å². The van der Waals surface area contributed by atoms with Gasteiger partial charge in [0.05, 0.1) is 19.3 Å². The number of benzene rings is 1. The molecule has 4 saturated carbocycles. The predicted octanol–water partition coefficient (Wildman–Crippen LogP) is 3.74. The Bertz CT molecular complexity index is 664. The van der Waals surface area contributed by atoms with Gasteiger partial charge in [-0.05, 0) is 74.3 Å². The topological polar surface area (TPSA) is 55.8 Å². The van der Waals surface area contributed by atoms with Crippen molar-refractivity contribution in [1.82, 2.24) is 0 Å². The van der Waals surface area contributed by atoms with Crippen molar-refractivity contribution < 1.29 is 23.8 Å². The molecule has 4 aliphatic carbocycles. The standard InChI is InChI=1S/C21H27FO4/c1-25-20(24)17-7-16(2-3-23)19(8-18(17)22)26-12-21-9-13-4-14(10-21)6-15(5-13)11-21/h7-8,13-15,23H,2-6,9-12H2,1H3. The minimum absolute atomic E-state index is 0.0834. The van der Waals surface area contributed by atoms with Gasteiger partial charge in [0.1, 0.15) is 11.6 Å². The first-order valence-electron chi connectivity index (χ1n) is 9.66. The minimum Gasteiger partial charge on any atom is -0.493 e. The third kappa shape index (κ3) is 3.22. The quantitative estimate of drug-likeness (QED) is 0.783. The summed E-state index contributed by atoms with van der Waals surface area (Å²) in [7, 11) is 1.23. The molecule has 26 heavy (non-hydrogen) atoms. The van der Waals surface area contributed by atoms with Crippen molar-refractivity contribution in [2.45, 2.75) is 44.9 Å². The number of esters is 1. The zero-order valence-corrected chi connectivity index (χ0v) is 15.3. The molecule has 4 aliphatic rings. The molecule has 0 unspecified atom stereocenters. The van der Waals surface area contributed by atoms with Crippen LogP contribution in [-0.4, -0.2) is 31.4 Å². The summed E-state index contributed by atoms with van der Waals surface area (Å²) in [6.07, 6.45) is 8.10. The van der Waals surface area contributed by atoms with Gasteiger partial charge in [0.2, 0.25) is 0 Å². The fourth-order valence-corrected chi connectivity index (χ4v) is 6.01. The molecule has 0 saturated heterocycles. The number of ether oxygens (including phenoxy) is 2. The number of hydrogen-bond acceptors (Lipinski definition) is 4. The Morgan fingerprint density at radius 1 is 1.19 bits per heavy atom. The molecule has 0 amide bonds. The summed E-state index contributed by atoms with van der Waals surface area (Å²) in [6.45, 7) is 0.520. The molecule has 0 radical (unpaired) electrons. The summed E-state index contributed by atoms with van der Waals surface area (Å²) in [4.78, 5) is 11.7. The van der Waals surface area contributed by atoms with Gasteiger partial charge in [-0.2, -0.15) is 0 Å². The Hall–Kier alpha value is -1.62. The number of methoxy groups -OCH3 is 1. The van der Waals surface area contributed by atoms with Crippen molar-refractivity contribution in [2.24, 2.45) is 23.2 Å². The first-order valence-corrected chi connectivity index (χ1v) is 9.66. The number of halogens is 1. The van der Waals surface area contributed by atoms with Crippen LogP contribution in [0.2, 0.25) is 0 Å². The largest absolute Gasteiger partial charge is 0.493 e. The summed E-state index contributed by atoms with van der Waals surface area (Å²) in [5.41, 5.74) is 0.764. The molecule has 0 spiro atoms. The van der Waals surface area contributed by atoms with Crippen LogP contribution in [0.3, 0.4) is 0 Å². The third-order valence-electron chi connectivity index (χ3n) is 6.64. The van der Waals surface area contributed by atoms with Crippen LogP contribution in [0.4, 0.5) is 4.39 Å². The Morgan fingerprint density at radius 2 is 1.81 bits per heavy atom. The Kier molecular flexibility index (Phi) is 4.68.